The SMILES string of the molecule is C#CCOc1ccc(OC(C)C)c(C=C)c1. The van der Waals surface area contributed by atoms with Gasteiger partial charge in [0, 0.05) is 5.56 Å². The highest BCUT2D eigenvalue weighted by molar-refractivity contribution is 5.58. The molecule has 16 heavy (non-hydrogen) atoms. The molecule has 0 fully saturated rings. The highest BCUT2D eigenvalue weighted by Crippen LogP contribution is 2.26. The molecule has 0 amide bonds. The van der Waals surface area contributed by atoms with Crippen LogP contribution in [0, 0.1) is 12.3 Å². The lowest BCUT2D eigenvalue weighted by atomic mass is 10.2. The van der Waals surface area contributed by atoms with Crippen molar-refractivity contribution in [1.82, 2.24) is 0 Å². The molecular formula is C14H16O2. The number of benzene rings is 1. The summed E-state index contributed by atoms with van der Waals surface area (Å²) in [6.07, 6.45) is 6.99. The van der Waals surface area contributed by atoms with Crippen molar-refractivity contribution >= 4 is 6.08 Å². The van der Waals surface area contributed by atoms with Crippen molar-refractivity contribution in [3.8, 4) is 23.8 Å². The zero-order chi connectivity index (χ0) is 12.0. The lowest BCUT2D eigenvalue weighted by Crippen LogP contribution is -2.06. The molecule has 0 aliphatic carbocycles. The molecule has 2 nitrogen and oxygen atoms in total. The second kappa shape index (κ2) is 5.87. The first kappa shape index (κ1) is 12.2. The minimum absolute atomic E-state index is 0.135. The summed E-state index contributed by atoms with van der Waals surface area (Å²) >= 11 is 0. The summed E-state index contributed by atoms with van der Waals surface area (Å²) in [5.74, 6) is 3.95. The molecule has 0 spiro atoms. The Morgan fingerprint density at radius 2 is 2.25 bits per heavy atom. The standard InChI is InChI=1S/C14H16O2/c1-5-9-15-13-7-8-14(16-11(3)4)12(6-2)10-13/h1,6-8,10-11H,2,9H2,3-4H3. The number of terminal acetylenes is 1. The second-order valence-corrected chi connectivity index (χ2v) is 3.56. The summed E-state index contributed by atoms with van der Waals surface area (Å²) in [5, 5.41) is 0. The molecule has 0 saturated heterocycles. The van der Waals surface area contributed by atoms with Crippen LogP contribution in [0.1, 0.15) is 19.4 Å². The fourth-order valence-corrected chi connectivity index (χ4v) is 1.26. The third-order valence-electron chi connectivity index (χ3n) is 1.89. The van der Waals surface area contributed by atoms with Crippen molar-refractivity contribution in [2.24, 2.45) is 0 Å². The predicted molar refractivity (Wildman–Crippen MR) is 66.6 cm³/mol. The second-order valence-electron chi connectivity index (χ2n) is 3.56. The molecule has 84 valence electrons. The quantitative estimate of drug-likeness (QED) is 0.704. The van der Waals surface area contributed by atoms with Crippen molar-refractivity contribution in [1.29, 1.82) is 0 Å². The molecule has 0 saturated carbocycles. The van der Waals surface area contributed by atoms with Gasteiger partial charge in [0.05, 0.1) is 6.10 Å². The van der Waals surface area contributed by atoms with Crippen LogP contribution in [0.5, 0.6) is 11.5 Å². The number of rotatable bonds is 5. The Bertz CT molecular complexity index is 400. The van der Waals surface area contributed by atoms with Gasteiger partial charge in [0.1, 0.15) is 18.1 Å². The fourth-order valence-electron chi connectivity index (χ4n) is 1.26. The normalized spacial score (nSPS) is 9.62. The summed E-state index contributed by atoms with van der Waals surface area (Å²) < 4.78 is 10.9. The van der Waals surface area contributed by atoms with Gasteiger partial charge < -0.3 is 9.47 Å². The maximum Gasteiger partial charge on any atom is 0.148 e. The molecule has 2 heteroatoms. The molecule has 1 aromatic carbocycles. The largest absolute Gasteiger partial charge is 0.490 e. The first-order valence-corrected chi connectivity index (χ1v) is 5.16. The Morgan fingerprint density at radius 3 is 2.81 bits per heavy atom. The summed E-state index contributed by atoms with van der Waals surface area (Å²) in [4.78, 5) is 0. The summed E-state index contributed by atoms with van der Waals surface area (Å²) in [5.41, 5.74) is 0.906. The maximum atomic E-state index is 5.63. The van der Waals surface area contributed by atoms with Crippen molar-refractivity contribution in [3.05, 3.63) is 30.3 Å². The maximum absolute atomic E-state index is 5.63. The van der Waals surface area contributed by atoms with E-state index in [4.69, 9.17) is 15.9 Å². The third kappa shape index (κ3) is 3.36. The zero-order valence-electron chi connectivity index (χ0n) is 9.69. The van der Waals surface area contributed by atoms with Crippen LogP contribution in [0.4, 0.5) is 0 Å². The molecule has 1 rings (SSSR count). The van der Waals surface area contributed by atoms with Crippen LogP contribution in [0.25, 0.3) is 6.08 Å². The lowest BCUT2D eigenvalue weighted by Gasteiger charge is -2.13. The van der Waals surface area contributed by atoms with E-state index in [0.29, 0.717) is 0 Å². The number of ether oxygens (including phenoxy) is 2. The van der Waals surface area contributed by atoms with E-state index >= 15 is 0 Å². The van der Waals surface area contributed by atoms with Crippen molar-refractivity contribution in [2.45, 2.75) is 20.0 Å². The smallest absolute Gasteiger partial charge is 0.148 e. The van der Waals surface area contributed by atoms with Gasteiger partial charge in [-0.1, -0.05) is 18.6 Å². The molecule has 0 aromatic heterocycles. The van der Waals surface area contributed by atoms with Crippen molar-refractivity contribution in [3.63, 3.8) is 0 Å². The zero-order valence-corrected chi connectivity index (χ0v) is 9.69. The molecular weight excluding hydrogens is 200 g/mol. The van der Waals surface area contributed by atoms with Crippen LogP contribution in [0.15, 0.2) is 24.8 Å². The Kier molecular flexibility index (Phi) is 4.47. The molecule has 0 radical (unpaired) electrons. The Labute approximate surface area is 96.9 Å². The minimum Gasteiger partial charge on any atom is -0.490 e. The van der Waals surface area contributed by atoms with Crippen molar-refractivity contribution < 1.29 is 9.47 Å². The fraction of sp³-hybridized carbons (Fsp3) is 0.286. The Hall–Kier alpha value is -1.88. The molecule has 0 aliphatic rings. The first-order chi connectivity index (χ1) is 7.67. The van der Waals surface area contributed by atoms with Gasteiger partial charge in [-0.25, -0.2) is 0 Å². The molecule has 0 heterocycles. The number of hydrogen-bond acceptors (Lipinski definition) is 2. The summed E-state index contributed by atoms with van der Waals surface area (Å²) in [6.45, 7) is 7.97. The van der Waals surface area contributed by atoms with Gasteiger partial charge in [0.25, 0.3) is 0 Å². The van der Waals surface area contributed by atoms with Gasteiger partial charge in [-0.05, 0) is 32.0 Å². The van der Waals surface area contributed by atoms with E-state index in [1.807, 2.05) is 32.0 Å². The van der Waals surface area contributed by atoms with E-state index in [0.717, 1.165) is 17.1 Å². The highest BCUT2D eigenvalue weighted by atomic mass is 16.5. The molecule has 0 N–H and O–H groups in total. The monoisotopic (exact) mass is 216 g/mol. The van der Waals surface area contributed by atoms with Gasteiger partial charge in [-0.15, -0.1) is 6.42 Å². The van der Waals surface area contributed by atoms with E-state index in [1.54, 1.807) is 6.08 Å². The van der Waals surface area contributed by atoms with Gasteiger partial charge in [-0.3, -0.25) is 0 Å². The summed E-state index contributed by atoms with van der Waals surface area (Å²) in [6, 6.07) is 5.56. The average Bonchev–Trinajstić information content (AvgIpc) is 2.27. The van der Waals surface area contributed by atoms with Crippen LogP contribution in [0.2, 0.25) is 0 Å². The topological polar surface area (TPSA) is 18.5 Å². The Balaban J connectivity index is 2.89. The Morgan fingerprint density at radius 1 is 1.50 bits per heavy atom. The summed E-state index contributed by atoms with van der Waals surface area (Å²) in [7, 11) is 0. The molecule has 0 aliphatic heterocycles. The van der Waals surface area contributed by atoms with Crippen LogP contribution in [-0.4, -0.2) is 12.7 Å². The third-order valence-corrected chi connectivity index (χ3v) is 1.89. The van der Waals surface area contributed by atoms with E-state index in [-0.39, 0.29) is 12.7 Å². The van der Waals surface area contributed by atoms with E-state index in [1.165, 1.54) is 0 Å². The first-order valence-electron chi connectivity index (χ1n) is 5.16. The van der Waals surface area contributed by atoms with Gasteiger partial charge in [0.15, 0.2) is 0 Å². The van der Waals surface area contributed by atoms with Crippen LogP contribution in [-0.2, 0) is 0 Å². The lowest BCUT2D eigenvalue weighted by molar-refractivity contribution is 0.241. The average molecular weight is 216 g/mol. The van der Waals surface area contributed by atoms with Crippen LogP contribution in [0.3, 0.4) is 0 Å². The van der Waals surface area contributed by atoms with Gasteiger partial charge >= 0.3 is 0 Å². The molecule has 1 aromatic rings. The van der Waals surface area contributed by atoms with Gasteiger partial charge in [0.2, 0.25) is 0 Å². The van der Waals surface area contributed by atoms with E-state index in [9.17, 15) is 0 Å². The van der Waals surface area contributed by atoms with Crippen LogP contribution >= 0.6 is 0 Å². The van der Waals surface area contributed by atoms with E-state index < -0.39 is 0 Å². The number of hydrogen-bond donors (Lipinski definition) is 0. The predicted octanol–water partition coefficient (Wildman–Crippen LogP) is 3.13. The minimum atomic E-state index is 0.135. The molecule has 0 bridgehead atoms. The van der Waals surface area contributed by atoms with Crippen LogP contribution < -0.4 is 9.47 Å². The highest BCUT2D eigenvalue weighted by Gasteiger charge is 2.04. The van der Waals surface area contributed by atoms with E-state index in [2.05, 4.69) is 12.5 Å². The van der Waals surface area contributed by atoms with Gasteiger partial charge in [-0.2, -0.15) is 0 Å². The van der Waals surface area contributed by atoms with Crippen molar-refractivity contribution in [2.75, 3.05) is 6.61 Å². The molecule has 0 unspecified atom stereocenters. The molecule has 0 atom stereocenters.